The van der Waals surface area contributed by atoms with Gasteiger partial charge in [-0.2, -0.15) is 0 Å². The van der Waals surface area contributed by atoms with E-state index in [1.54, 1.807) is 0 Å². The molecule has 0 aliphatic heterocycles. The minimum atomic E-state index is -0.178. The van der Waals surface area contributed by atoms with Crippen molar-refractivity contribution in [3.8, 4) is 0 Å². The van der Waals surface area contributed by atoms with Gasteiger partial charge in [-0.05, 0) is 38.0 Å². The summed E-state index contributed by atoms with van der Waals surface area (Å²) in [6.07, 6.45) is 0.950. The molecule has 1 amide bonds. The number of amides is 1. The van der Waals surface area contributed by atoms with Crippen molar-refractivity contribution in [2.24, 2.45) is 0 Å². The van der Waals surface area contributed by atoms with E-state index < -0.39 is 0 Å². The Morgan fingerprint density at radius 2 is 1.89 bits per heavy atom. The highest BCUT2D eigenvalue weighted by atomic mass is 79.9. The SMILES string of the molecule is CCC(C)NC(=O)C(C)NCc1ccc(Br)cc1. The van der Waals surface area contributed by atoms with Crippen molar-refractivity contribution in [3.05, 3.63) is 34.3 Å². The fraction of sp³-hybridized carbons (Fsp3) is 0.500. The summed E-state index contributed by atoms with van der Waals surface area (Å²) >= 11 is 3.40. The van der Waals surface area contributed by atoms with Crippen molar-refractivity contribution in [2.75, 3.05) is 0 Å². The zero-order valence-electron chi connectivity index (χ0n) is 11.2. The molecule has 0 aromatic heterocycles. The van der Waals surface area contributed by atoms with Crippen LogP contribution < -0.4 is 10.6 Å². The van der Waals surface area contributed by atoms with E-state index in [1.165, 1.54) is 5.56 Å². The molecule has 0 saturated carbocycles. The van der Waals surface area contributed by atoms with E-state index in [9.17, 15) is 4.79 Å². The summed E-state index contributed by atoms with van der Waals surface area (Å²) in [6.45, 7) is 6.66. The van der Waals surface area contributed by atoms with Crippen LogP contribution in [0, 0.1) is 0 Å². The van der Waals surface area contributed by atoms with Gasteiger partial charge < -0.3 is 10.6 Å². The van der Waals surface area contributed by atoms with Gasteiger partial charge in [0.25, 0.3) is 0 Å². The topological polar surface area (TPSA) is 41.1 Å². The summed E-state index contributed by atoms with van der Waals surface area (Å²) in [5.74, 6) is 0.0569. The van der Waals surface area contributed by atoms with Gasteiger partial charge in [0.15, 0.2) is 0 Å². The highest BCUT2D eigenvalue weighted by molar-refractivity contribution is 9.10. The second kappa shape index (κ2) is 7.54. The molecule has 18 heavy (non-hydrogen) atoms. The summed E-state index contributed by atoms with van der Waals surface area (Å²) in [5, 5.41) is 6.19. The number of carbonyl (C=O) groups is 1. The van der Waals surface area contributed by atoms with Crippen LogP contribution in [-0.2, 0) is 11.3 Å². The summed E-state index contributed by atoms with van der Waals surface area (Å²) in [4.78, 5) is 11.8. The lowest BCUT2D eigenvalue weighted by Crippen LogP contribution is -2.45. The molecule has 0 fully saturated rings. The fourth-order valence-electron chi connectivity index (χ4n) is 1.44. The van der Waals surface area contributed by atoms with E-state index in [1.807, 2.05) is 38.1 Å². The smallest absolute Gasteiger partial charge is 0.237 e. The molecule has 0 saturated heterocycles. The van der Waals surface area contributed by atoms with Gasteiger partial charge in [0.1, 0.15) is 0 Å². The molecule has 1 aromatic carbocycles. The minimum Gasteiger partial charge on any atom is -0.352 e. The molecule has 0 heterocycles. The van der Waals surface area contributed by atoms with Gasteiger partial charge in [0.05, 0.1) is 6.04 Å². The third-order valence-corrected chi connectivity index (χ3v) is 3.45. The van der Waals surface area contributed by atoms with Crippen LogP contribution in [0.25, 0.3) is 0 Å². The number of rotatable bonds is 6. The monoisotopic (exact) mass is 312 g/mol. The van der Waals surface area contributed by atoms with E-state index in [2.05, 4.69) is 33.5 Å². The lowest BCUT2D eigenvalue weighted by atomic mass is 10.2. The molecule has 0 aliphatic rings. The molecular weight excluding hydrogens is 292 g/mol. The van der Waals surface area contributed by atoms with Crippen molar-refractivity contribution in [1.82, 2.24) is 10.6 Å². The Kier molecular flexibility index (Phi) is 6.36. The molecule has 2 atom stereocenters. The van der Waals surface area contributed by atoms with Crippen LogP contribution in [0.2, 0.25) is 0 Å². The first-order chi connectivity index (χ1) is 8.52. The van der Waals surface area contributed by atoms with Crippen LogP contribution in [0.5, 0.6) is 0 Å². The largest absolute Gasteiger partial charge is 0.352 e. The average molecular weight is 313 g/mol. The summed E-state index contributed by atoms with van der Waals surface area (Å²) in [6, 6.07) is 8.13. The number of benzene rings is 1. The van der Waals surface area contributed by atoms with Gasteiger partial charge in [-0.1, -0.05) is 35.0 Å². The highest BCUT2D eigenvalue weighted by Crippen LogP contribution is 2.10. The zero-order valence-corrected chi connectivity index (χ0v) is 12.8. The van der Waals surface area contributed by atoms with Gasteiger partial charge in [-0.25, -0.2) is 0 Å². The van der Waals surface area contributed by atoms with Gasteiger partial charge in [-0.3, -0.25) is 4.79 Å². The van der Waals surface area contributed by atoms with Crippen molar-refractivity contribution >= 4 is 21.8 Å². The highest BCUT2D eigenvalue weighted by Gasteiger charge is 2.13. The van der Waals surface area contributed by atoms with Crippen LogP contribution in [0.3, 0.4) is 0 Å². The molecular formula is C14H21BrN2O. The number of carbonyl (C=O) groups excluding carboxylic acids is 1. The third kappa shape index (κ3) is 5.19. The Balaban J connectivity index is 2.38. The number of hydrogen-bond donors (Lipinski definition) is 2. The predicted molar refractivity (Wildman–Crippen MR) is 78.3 cm³/mol. The zero-order chi connectivity index (χ0) is 13.5. The molecule has 4 heteroatoms. The lowest BCUT2D eigenvalue weighted by Gasteiger charge is -2.17. The average Bonchev–Trinajstić information content (AvgIpc) is 2.37. The molecule has 3 nitrogen and oxygen atoms in total. The van der Waals surface area contributed by atoms with E-state index in [-0.39, 0.29) is 18.0 Å². The summed E-state index contributed by atoms with van der Waals surface area (Å²) in [7, 11) is 0. The molecule has 0 radical (unpaired) electrons. The van der Waals surface area contributed by atoms with Crippen LogP contribution in [-0.4, -0.2) is 18.0 Å². The first kappa shape index (κ1) is 15.2. The number of hydrogen-bond acceptors (Lipinski definition) is 2. The standard InChI is InChI=1S/C14H21BrN2O/c1-4-10(2)17-14(18)11(3)16-9-12-5-7-13(15)8-6-12/h5-8,10-11,16H,4,9H2,1-3H3,(H,17,18). The maximum Gasteiger partial charge on any atom is 0.237 e. The van der Waals surface area contributed by atoms with Gasteiger partial charge >= 0.3 is 0 Å². The van der Waals surface area contributed by atoms with Crippen molar-refractivity contribution in [2.45, 2.75) is 45.8 Å². The second-order valence-electron chi connectivity index (χ2n) is 4.55. The molecule has 1 aromatic rings. The Morgan fingerprint density at radius 3 is 2.44 bits per heavy atom. The Labute approximate surface area is 117 Å². The molecule has 0 aliphatic carbocycles. The van der Waals surface area contributed by atoms with Gasteiger partial charge in [0.2, 0.25) is 5.91 Å². The summed E-state index contributed by atoms with van der Waals surface area (Å²) in [5.41, 5.74) is 1.17. The number of nitrogens with one attached hydrogen (secondary N) is 2. The maximum atomic E-state index is 11.8. The third-order valence-electron chi connectivity index (χ3n) is 2.92. The quantitative estimate of drug-likeness (QED) is 0.848. The molecule has 1 rings (SSSR count). The van der Waals surface area contributed by atoms with Crippen LogP contribution in [0.1, 0.15) is 32.8 Å². The van der Waals surface area contributed by atoms with Crippen LogP contribution in [0.4, 0.5) is 0 Å². The van der Waals surface area contributed by atoms with Crippen molar-refractivity contribution in [1.29, 1.82) is 0 Å². The van der Waals surface area contributed by atoms with Gasteiger partial charge in [-0.15, -0.1) is 0 Å². The molecule has 0 bridgehead atoms. The Bertz CT molecular complexity index is 378. The first-order valence-electron chi connectivity index (χ1n) is 6.31. The predicted octanol–water partition coefficient (Wildman–Crippen LogP) is 2.84. The molecule has 0 spiro atoms. The fourth-order valence-corrected chi connectivity index (χ4v) is 1.70. The number of halogens is 1. The molecule has 2 unspecified atom stereocenters. The van der Waals surface area contributed by atoms with Crippen LogP contribution in [0.15, 0.2) is 28.7 Å². The van der Waals surface area contributed by atoms with E-state index >= 15 is 0 Å². The van der Waals surface area contributed by atoms with Crippen molar-refractivity contribution < 1.29 is 4.79 Å². The summed E-state index contributed by atoms with van der Waals surface area (Å²) < 4.78 is 1.06. The maximum absolute atomic E-state index is 11.8. The van der Waals surface area contributed by atoms with E-state index in [0.717, 1.165) is 10.9 Å². The van der Waals surface area contributed by atoms with Crippen molar-refractivity contribution in [3.63, 3.8) is 0 Å². The van der Waals surface area contributed by atoms with E-state index in [4.69, 9.17) is 0 Å². The second-order valence-corrected chi connectivity index (χ2v) is 5.46. The molecule has 100 valence electrons. The van der Waals surface area contributed by atoms with E-state index in [0.29, 0.717) is 6.54 Å². The lowest BCUT2D eigenvalue weighted by molar-refractivity contribution is -0.123. The Hall–Kier alpha value is -0.870. The molecule has 2 N–H and O–H groups in total. The minimum absolute atomic E-state index is 0.0569. The normalized spacial score (nSPS) is 14.0. The van der Waals surface area contributed by atoms with Crippen LogP contribution >= 0.6 is 15.9 Å². The Morgan fingerprint density at radius 1 is 1.28 bits per heavy atom. The first-order valence-corrected chi connectivity index (χ1v) is 7.10. The van der Waals surface area contributed by atoms with Gasteiger partial charge in [0, 0.05) is 17.1 Å².